The van der Waals surface area contributed by atoms with Gasteiger partial charge in [-0.25, -0.2) is 4.39 Å². The van der Waals surface area contributed by atoms with Crippen LogP contribution in [0.5, 0.6) is 0 Å². The minimum Gasteiger partial charge on any atom is -0.295 e. The number of rotatable bonds is 6. The number of aromatic nitrogens is 1. The van der Waals surface area contributed by atoms with E-state index in [9.17, 15) is 14.0 Å². The largest absolute Gasteiger partial charge is 0.295 e. The van der Waals surface area contributed by atoms with E-state index in [0.29, 0.717) is 24.2 Å². The smallest absolute Gasteiger partial charge is 0.168 e. The highest BCUT2D eigenvalue weighted by Crippen LogP contribution is 2.22. The minimum atomic E-state index is -0.207. The molecule has 2 heterocycles. The fourth-order valence-electron chi connectivity index (χ4n) is 3.85. The van der Waals surface area contributed by atoms with Crippen LogP contribution in [0.1, 0.15) is 49.9 Å². The second-order valence-corrected chi connectivity index (χ2v) is 7.81. The van der Waals surface area contributed by atoms with Crippen LogP contribution in [-0.4, -0.2) is 28.0 Å². The first-order chi connectivity index (χ1) is 14.5. The Bertz CT molecular complexity index is 1100. The summed E-state index contributed by atoms with van der Waals surface area (Å²) in [4.78, 5) is 30.6. The standard InChI is InChI=1S/C25H23FN2O2.ClH/c1-17(29)20-4-2-18(3-5-20)11-25(30)22-10-19(13-27-14-22)15-28-9-8-21-6-7-24(26)12-23(21)16-28;/h2-7,10,12-14H,8-9,11,15-16H2,1H3;1H. The molecule has 1 aliphatic rings. The number of benzene rings is 2. The Morgan fingerprint density at radius 1 is 0.968 bits per heavy atom. The van der Waals surface area contributed by atoms with Gasteiger partial charge in [0.05, 0.1) is 0 Å². The number of hydrogen-bond donors (Lipinski definition) is 0. The molecule has 3 aromatic rings. The molecule has 4 nitrogen and oxygen atoms in total. The zero-order valence-electron chi connectivity index (χ0n) is 17.3. The van der Waals surface area contributed by atoms with Gasteiger partial charge in [0, 0.05) is 49.6 Å². The summed E-state index contributed by atoms with van der Waals surface area (Å²) in [6.45, 7) is 3.76. The lowest BCUT2D eigenvalue weighted by molar-refractivity contribution is 0.0990. The van der Waals surface area contributed by atoms with Crippen LogP contribution >= 0.6 is 12.4 Å². The Labute approximate surface area is 187 Å². The third kappa shape index (κ3) is 5.63. The number of hydrogen-bond acceptors (Lipinski definition) is 4. The van der Waals surface area contributed by atoms with E-state index in [1.807, 2.05) is 24.3 Å². The number of carbonyl (C=O) groups is 2. The maximum absolute atomic E-state index is 13.5. The Kier molecular flexibility index (Phi) is 7.31. The van der Waals surface area contributed by atoms with Gasteiger partial charge in [0.1, 0.15) is 5.82 Å². The van der Waals surface area contributed by atoms with Gasteiger partial charge in [0.2, 0.25) is 0 Å². The third-order valence-electron chi connectivity index (χ3n) is 5.51. The van der Waals surface area contributed by atoms with Gasteiger partial charge in [-0.1, -0.05) is 30.3 Å². The van der Waals surface area contributed by atoms with E-state index in [1.165, 1.54) is 18.6 Å². The van der Waals surface area contributed by atoms with E-state index in [2.05, 4.69) is 9.88 Å². The van der Waals surface area contributed by atoms with Gasteiger partial charge >= 0.3 is 0 Å². The first-order valence-corrected chi connectivity index (χ1v) is 10.0. The molecule has 1 aromatic heterocycles. The van der Waals surface area contributed by atoms with E-state index in [4.69, 9.17) is 0 Å². The lowest BCUT2D eigenvalue weighted by Crippen LogP contribution is -2.30. The third-order valence-corrected chi connectivity index (χ3v) is 5.51. The fourth-order valence-corrected chi connectivity index (χ4v) is 3.85. The van der Waals surface area contributed by atoms with Crippen molar-refractivity contribution in [3.63, 3.8) is 0 Å². The van der Waals surface area contributed by atoms with Gasteiger partial charge in [0.15, 0.2) is 11.6 Å². The molecule has 4 rings (SSSR count). The van der Waals surface area contributed by atoms with Crippen LogP contribution in [0.3, 0.4) is 0 Å². The summed E-state index contributed by atoms with van der Waals surface area (Å²) >= 11 is 0. The van der Waals surface area contributed by atoms with E-state index in [0.717, 1.165) is 29.7 Å². The molecular weight excluding hydrogens is 415 g/mol. The number of halogens is 2. The highest BCUT2D eigenvalue weighted by molar-refractivity contribution is 5.98. The molecule has 0 saturated carbocycles. The van der Waals surface area contributed by atoms with E-state index < -0.39 is 0 Å². The van der Waals surface area contributed by atoms with Crippen molar-refractivity contribution in [1.82, 2.24) is 9.88 Å². The summed E-state index contributed by atoms with van der Waals surface area (Å²) in [5.74, 6) is -0.208. The molecule has 6 heteroatoms. The molecule has 1 aliphatic heterocycles. The van der Waals surface area contributed by atoms with E-state index in [1.54, 1.807) is 30.6 Å². The van der Waals surface area contributed by atoms with Crippen LogP contribution in [0.4, 0.5) is 4.39 Å². The van der Waals surface area contributed by atoms with Gasteiger partial charge in [-0.05, 0) is 53.8 Å². The van der Waals surface area contributed by atoms with Crippen LogP contribution in [0.2, 0.25) is 0 Å². The van der Waals surface area contributed by atoms with Crippen LogP contribution in [0, 0.1) is 5.82 Å². The monoisotopic (exact) mass is 438 g/mol. The summed E-state index contributed by atoms with van der Waals surface area (Å²) in [6.07, 6.45) is 4.52. The summed E-state index contributed by atoms with van der Waals surface area (Å²) in [5.41, 5.74) is 5.27. The fraction of sp³-hybridized carbons (Fsp3) is 0.240. The summed E-state index contributed by atoms with van der Waals surface area (Å²) < 4.78 is 13.5. The Morgan fingerprint density at radius 3 is 2.48 bits per heavy atom. The number of carbonyl (C=O) groups excluding carboxylic acids is 2. The predicted octanol–water partition coefficient (Wildman–Crippen LogP) is 4.83. The first-order valence-electron chi connectivity index (χ1n) is 10.0. The minimum absolute atomic E-state index is 0. The van der Waals surface area contributed by atoms with E-state index in [-0.39, 0.29) is 36.2 Å². The maximum Gasteiger partial charge on any atom is 0.168 e. The Balaban J connectivity index is 0.00000272. The highest BCUT2D eigenvalue weighted by atomic mass is 35.5. The molecule has 0 amide bonds. The van der Waals surface area contributed by atoms with E-state index >= 15 is 0 Å². The van der Waals surface area contributed by atoms with Crippen molar-refractivity contribution in [2.24, 2.45) is 0 Å². The second-order valence-electron chi connectivity index (χ2n) is 7.81. The van der Waals surface area contributed by atoms with Gasteiger partial charge < -0.3 is 0 Å². The van der Waals surface area contributed by atoms with Crippen molar-refractivity contribution in [1.29, 1.82) is 0 Å². The van der Waals surface area contributed by atoms with Crippen molar-refractivity contribution in [3.8, 4) is 0 Å². The van der Waals surface area contributed by atoms with Crippen molar-refractivity contribution in [3.05, 3.63) is 100 Å². The van der Waals surface area contributed by atoms with Crippen molar-refractivity contribution >= 4 is 24.0 Å². The molecule has 0 aliphatic carbocycles. The van der Waals surface area contributed by atoms with Crippen LogP contribution in [-0.2, 0) is 25.9 Å². The first kappa shape index (κ1) is 22.8. The van der Waals surface area contributed by atoms with Crippen LogP contribution in [0.25, 0.3) is 0 Å². The summed E-state index contributed by atoms with van der Waals surface area (Å²) in [5, 5.41) is 0. The van der Waals surface area contributed by atoms with Crippen molar-refractivity contribution < 1.29 is 14.0 Å². The number of pyridine rings is 1. The zero-order chi connectivity index (χ0) is 21.1. The molecule has 0 saturated heterocycles. The molecule has 0 radical (unpaired) electrons. The normalized spacial score (nSPS) is 13.2. The highest BCUT2D eigenvalue weighted by Gasteiger charge is 2.18. The molecule has 0 atom stereocenters. The molecule has 0 bridgehead atoms. The van der Waals surface area contributed by atoms with Gasteiger partial charge in [-0.3, -0.25) is 19.5 Å². The lowest BCUT2D eigenvalue weighted by atomic mass is 9.99. The predicted molar refractivity (Wildman–Crippen MR) is 120 cm³/mol. The average molecular weight is 439 g/mol. The van der Waals surface area contributed by atoms with Gasteiger partial charge in [-0.15, -0.1) is 12.4 Å². The number of Topliss-reactive ketones (excluding diaryl/α,β-unsaturated/α-hetero) is 2. The molecule has 0 N–H and O–H groups in total. The molecule has 2 aromatic carbocycles. The second kappa shape index (κ2) is 9.94. The van der Waals surface area contributed by atoms with Gasteiger partial charge in [-0.2, -0.15) is 0 Å². The molecule has 0 spiro atoms. The summed E-state index contributed by atoms with van der Waals surface area (Å²) in [6, 6.07) is 14.0. The molecule has 0 fully saturated rings. The van der Waals surface area contributed by atoms with Crippen LogP contribution in [0.15, 0.2) is 60.9 Å². The molecule has 0 unspecified atom stereocenters. The lowest BCUT2D eigenvalue weighted by Gasteiger charge is -2.28. The van der Waals surface area contributed by atoms with Crippen LogP contribution < -0.4 is 0 Å². The van der Waals surface area contributed by atoms with Crippen molar-refractivity contribution in [2.75, 3.05) is 6.54 Å². The molecule has 31 heavy (non-hydrogen) atoms. The Morgan fingerprint density at radius 2 is 1.74 bits per heavy atom. The van der Waals surface area contributed by atoms with Crippen molar-refractivity contribution in [2.45, 2.75) is 32.9 Å². The number of fused-ring (bicyclic) bond motifs is 1. The zero-order valence-corrected chi connectivity index (χ0v) is 18.1. The number of ketones is 2. The quantitative estimate of drug-likeness (QED) is 0.517. The SMILES string of the molecule is CC(=O)c1ccc(CC(=O)c2cncc(CN3CCc4ccc(F)cc4C3)c2)cc1.Cl. The van der Waals surface area contributed by atoms with Gasteiger partial charge in [0.25, 0.3) is 0 Å². The topological polar surface area (TPSA) is 50.3 Å². The Hall–Kier alpha value is -2.89. The summed E-state index contributed by atoms with van der Waals surface area (Å²) in [7, 11) is 0. The number of nitrogens with zero attached hydrogens (tertiary/aromatic N) is 2. The molecular formula is C25H24ClFN2O2. The maximum atomic E-state index is 13.5. The molecule has 160 valence electrons. The average Bonchev–Trinajstić information content (AvgIpc) is 2.74.